The number of aliphatic imine (C=N–C) groups is 1. The second-order valence-corrected chi connectivity index (χ2v) is 6.56. The molecule has 6 heteroatoms. The van der Waals surface area contributed by atoms with Crippen molar-refractivity contribution in [3.8, 4) is 11.5 Å². The number of hydrogen-bond donors (Lipinski definition) is 2. The summed E-state index contributed by atoms with van der Waals surface area (Å²) in [5, 5.41) is 5.71. The average Bonchev–Trinajstić information content (AvgIpc) is 2.73. The number of hydrogen-bond acceptors (Lipinski definition) is 3. The molecular weight excluding hydrogens is 477 g/mol. The van der Waals surface area contributed by atoms with E-state index < -0.39 is 0 Å². The van der Waals surface area contributed by atoms with Gasteiger partial charge in [0.05, 0.1) is 14.2 Å². The summed E-state index contributed by atoms with van der Waals surface area (Å²) in [5.41, 5.74) is 8.40. The molecule has 3 aromatic carbocycles. The molecule has 5 nitrogen and oxygen atoms in total. The van der Waals surface area contributed by atoms with Crippen molar-refractivity contribution in [2.24, 2.45) is 10.7 Å². The van der Waals surface area contributed by atoms with Crippen LogP contribution in [0.15, 0.2) is 65.7 Å². The standard InChI is InChI=1S/C23H27N3O2.HI/c1-27-21-10-8-18(16-22(21)28-2)12-14-26-23(24)25-13-11-17-7-9-19-5-3-4-6-20(19)15-17;/h3-10,15-16H,11-14H2,1-2H3,(H3,24,25,26);1H. The summed E-state index contributed by atoms with van der Waals surface area (Å²) < 4.78 is 10.6. The van der Waals surface area contributed by atoms with Crippen molar-refractivity contribution in [1.29, 1.82) is 0 Å². The zero-order chi connectivity index (χ0) is 19.8. The van der Waals surface area contributed by atoms with Gasteiger partial charge in [0.25, 0.3) is 0 Å². The Hall–Kier alpha value is -2.48. The molecule has 29 heavy (non-hydrogen) atoms. The lowest BCUT2D eigenvalue weighted by atomic mass is 10.1. The quantitative estimate of drug-likeness (QED) is 0.274. The maximum atomic E-state index is 5.99. The highest BCUT2D eigenvalue weighted by Crippen LogP contribution is 2.27. The predicted octanol–water partition coefficient (Wildman–Crippen LogP) is 4.16. The van der Waals surface area contributed by atoms with Gasteiger partial charge in [-0.15, -0.1) is 24.0 Å². The third kappa shape index (κ3) is 6.52. The first-order valence-electron chi connectivity index (χ1n) is 9.42. The number of nitrogens with one attached hydrogen (secondary N) is 1. The summed E-state index contributed by atoms with van der Waals surface area (Å²) in [6.07, 6.45) is 1.68. The molecule has 0 atom stereocenters. The molecule has 0 amide bonds. The number of ether oxygens (including phenoxy) is 2. The molecule has 0 fully saturated rings. The Bertz CT molecular complexity index is 960. The fourth-order valence-electron chi connectivity index (χ4n) is 3.13. The number of guanidine groups is 1. The van der Waals surface area contributed by atoms with Crippen LogP contribution in [0.5, 0.6) is 11.5 Å². The fraction of sp³-hybridized carbons (Fsp3) is 0.261. The van der Waals surface area contributed by atoms with Crippen LogP contribution in [0.25, 0.3) is 10.8 Å². The van der Waals surface area contributed by atoms with Crippen LogP contribution >= 0.6 is 24.0 Å². The van der Waals surface area contributed by atoms with E-state index in [1.54, 1.807) is 14.2 Å². The van der Waals surface area contributed by atoms with Gasteiger partial charge in [0.15, 0.2) is 17.5 Å². The molecular formula is C23H28IN3O2. The molecule has 3 N–H and O–H groups in total. The molecule has 3 aromatic rings. The third-order valence-corrected chi connectivity index (χ3v) is 4.66. The van der Waals surface area contributed by atoms with Gasteiger partial charge in [-0.1, -0.05) is 48.5 Å². The minimum Gasteiger partial charge on any atom is -0.493 e. The zero-order valence-electron chi connectivity index (χ0n) is 16.9. The van der Waals surface area contributed by atoms with Crippen molar-refractivity contribution < 1.29 is 9.47 Å². The van der Waals surface area contributed by atoms with Gasteiger partial charge in [-0.05, 0) is 46.9 Å². The fourth-order valence-corrected chi connectivity index (χ4v) is 3.13. The van der Waals surface area contributed by atoms with Gasteiger partial charge in [0.2, 0.25) is 0 Å². The molecule has 0 heterocycles. The van der Waals surface area contributed by atoms with Crippen LogP contribution in [-0.2, 0) is 12.8 Å². The zero-order valence-corrected chi connectivity index (χ0v) is 19.2. The number of methoxy groups -OCH3 is 2. The Morgan fingerprint density at radius 1 is 0.862 bits per heavy atom. The average molecular weight is 505 g/mol. The lowest BCUT2D eigenvalue weighted by Crippen LogP contribution is -2.33. The van der Waals surface area contributed by atoms with Crippen LogP contribution in [0, 0.1) is 0 Å². The van der Waals surface area contributed by atoms with Crippen LogP contribution in [0.3, 0.4) is 0 Å². The number of benzene rings is 3. The number of nitrogens with two attached hydrogens (primary N) is 1. The Morgan fingerprint density at radius 2 is 1.55 bits per heavy atom. The van der Waals surface area contributed by atoms with Crippen molar-refractivity contribution in [1.82, 2.24) is 5.32 Å². The minimum atomic E-state index is 0. The third-order valence-electron chi connectivity index (χ3n) is 4.66. The van der Waals surface area contributed by atoms with Crippen LogP contribution in [0.1, 0.15) is 11.1 Å². The van der Waals surface area contributed by atoms with Gasteiger partial charge >= 0.3 is 0 Å². The first kappa shape index (κ1) is 22.8. The molecule has 0 spiro atoms. The first-order valence-corrected chi connectivity index (χ1v) is 9.42. The highest BCUT2D eigenvalue weighted by molar-refractivity contribution is 14.0. The van der Waals surface area contributed by atoms with E-state index in [0.717, 1.165) is 36.4 Å². The van der Waals surface area contributed by atoms with Crippen molar-refractivity contribution >= 4 is 40.7 Å². The number of nitrogens with zero attached hydrogens (tertiary/aromatic N) is 1. The monoisotopic (exact) mass is 505 g/mol. The summed E-state index contributed by atoms with van der Waals surface area (Å²) >= 11 is 0. The molecule has 0 aliphatic rings. The molecule has 154 valence electrons. The number of fused-ring (bicyclic) bond motifs is 1. The Labute approximate surface area is 189 Å². The largest absolute Gasteiger partial charge is 0.493 e. The van der Waals surface area contributed by atoms with Crippen LogP contribution in [0.4, 0.5) is 0 Å². The van der Waals surface area contributed by atoms with Crippen molar-refractivity contribution in [2.75, 3.05) is 27.3 Å². The van der Waals surface area contributed by atoms with Gasteiger partial charge in [0.1, 0.15) is 0 Å². The normalized spacial score (nSPS) is 11.0. The maximum Gasteiger partial charge on any atom is 0.188 e. The van der Waals surface area contributed by atoms with Crippen molar-refractivity contribution in [3.63, 3.8) is 0 Å². The predicted molar refractivity (Wildman–Crippen MR) is 131 cm³/mol. The topological polar surface area (TPSA) is 68.9 Å². The van der Waals surface area contributed by atoms with E-state index in [1.807, 2.05) is 18.2 Å². The summed E-state index contributed by atoms with van der Waals surface area (Å²) in [5.74, 6) is 1.93. The second-order valence-electron chi connectivity index (χ2n) is 6.56. The summed E-state index contributed by atoms with van der Waals surface area (Å²) in [7, 11) is 3.27. The SMILES string of the molecule is COc1ccc(CCN=C(N)NCCc2ccc3ccccc3c2)cc1OC.I. The van der Waals surface area contributed by atoms with E-state index in [4.69, 9.17) is 15.2 Å². The van der Waals surface area contributed by atoms with E-state index in [0.29, 0.717) is 12.5 Å². The van der Waals surface area contributed by atoms with Gasteiger partial charge in [-0.3, -0.25) is 4.99 Å². The summed E-state index contributed by atoms with van der Waals surface area (Å²) in [4.78, 5) is 4.41. The van der Waals surface area contributed by atoms with E-state index in [1.165, 1.54) is 16.3 Å². The molecule has 0 aromatic heterocycles. The highest BCUT2D eigenvalue weighted by Gasteiger charge is 2.04. The number of rotatable bonds is 8. The van der Waals surface area contributed by atoms with Crippen molar-refractivity contribution in [3.05, 3.63) is 71.8 Å². The first-order chi connectivity index (χ1) is 13.7. The van der Waals surface area contributed by atoms with Gasteiger partial charge < -0.3 is 20.5 Å². The molecule has 0 unspecified atom stereocenters. The molecule has 0 saturated carbocycles. The molecule has 3 rings (SSSR count). The van der Waals surface area contributed by atoms with Gasteiger partial charge in [0, 0.05) is 13.1 Å². The van der Waals surface area contributed by atoms with Crippen molar-refractivity contribution in [2.45, 2.75) is 12.8 Å². The van der Waals surface area contributed by atoms with Gasteiger partial charge in [-0.25, -0.2) is 0 Å². The summed E-state index contributed by atoms with van der Waals surface area (Å²) in [6, 6.07) is 20.8. The molecule has 0 bridgehead atoms. The highest BCUT2D eigenvalue weighted by atomic mass is 127. The molecule has 0 aliphatic heterocycles. The Morgan fingerprint density at radius 3 is 2.31 bits per heavy atom. The van der Waals surface area contributed by atoms with E-state index in [-0.39, 0.29) is 24.0 Å². The molecule has 0 aliphatic carbocycles. The lowest BCUT2D eigenvalue weighted by molar-refractivity contribution is 0.354. The van der Waals surface area contributed by atoms with Gasteiger partial charge in [-0.2, -0.15) is 0 Å². The lowest BCUT2D eigenvalue weighted by Gasteiger charge is -2.09. The molecule has 0 radical (unpaired) electrons. The maximum absolute atomic E-state index is 5.99. The van der Waals surface area contributed by atoms with E-state index in [9.17, 15) is 0 Å². The van der Waals surface area contributed by atoms with Crippen LogP contribution < -0.4 is 20.5 Å². The van der Waals surface area contributed by atoms with Crippen LogP contribution in [0.2, 0.25) is 0 Å². The molecule has 0 saturated heterocycles. The van der Waals surface area contributed by atoms with E-state index >= 15 is 0 Å². The van der Waals surface area contributed by atoms with E-state index in [2.05, 4.69) is 52.8 Å². The smallest absolute Gasteiger partial charge is 0.188 e. The Kier molecular flexibility index (Phi) is 9.05. The van der Waals surface area contributed by atoms with Crippen LogP contribution in [-0.4, -0.2) is 33.3 Å². The number of halogens is 1. The second kappa shape index (κ2) is 11.5. The Balaban J connectivity index is 0.00000300. The summed E-state index contributed by atoms with van der Waals surface area (Å²) in [6.45, 7) is 1.37. The minimum absolute atomic E-state index is 0.